The lowest BCUT2D eigenvalue weighted by Gasteiger charge is -2.23. The number of esters is 3. The van der Waals surface area contributed by atoms with Gasteiger partial charge in [0.15, 0.2) is 29.2 Å². The van der Waals surface area contributed by atoms with Crippen molar-refractivity contribution in [2.24, 2.45) is 0 Å². The lowest BCUT2D eigenvalue weighted by atomic mass is 10.1. The van der Waals surface area contributed by atoms with E-state index in [1.807, 2.05) is 0 Å². The molecule has 0 amide bonds. The van der Waals surface area contributed by atoms with E-state index in [2.05, 4.69) is 15.0 Å². The zero-order valence-electron chi connectivity index (χ0n) is 15.7. The Morgan fingerprint density at radius 3 is 2.41 bits per heavy atom. The molecule has 13 heteroatoms. The van der Waals surface area contributed by atoms with Gasteiger partial charge in [-0.05, 0) is 0 Å². The Labute approximate surface area is 169 Å². The van der Waals surface area contributed by atoms with Crippen molar-refractivity contribution in [1.29, 1.82) is 0 Å². The van der Waals surface area contributed by atoms with Gasteiger partial charge in [0.1, 0.15) is 18.2 Å². The molecule has 1 fully saturated rings. The van der Waals surface area contributed by atoms with Crippen LogP contribution in [-0.2, 0) is 33.3 Å². The molecule has 0 radical (unpaired) electrons. The van der Waals surface area contributed by atoms with E-state index in [0.29, 0.717) is 0 Å². The van der Waals surface area contributed by atoms with Crippen LogP contribution in [0.2, 0.25) is 5.15 Å². The van der Waals surface area contributed by atoms with E-state index in [-0.39, 0.29) is 28.9 Å². The number of rotatable bonds is 5. The van der Waals surface area contributed by atoms with E-state index < -0.39 is 42.4 Å². The Morgan fingerprint density at radius 1 is 1.14 bits per heavy atom. The van der Waals surface area contributed by atoms with E-state index in [9.17, 15) is 14.4 Å². The smallest absolute Gasteiger partial charge is 0.303 e. The minimum atomic E-state index is -1.08. The summed E-state index contributed by atoms with van der Waals surface area (Å²) in [5, 5.41) is 0.0290. The molecule has 2 aromatic heterocycles. The molecule has 1 aliphatic rings. The molecule has 29 heavy (non-hydrogen) atoms. The van der Waals surface area contributed by atoms with Crippen molar-refractivity contribution in [3.05, 3.63) is 11.5 Å². The summed E-state index contributed by atoms with van der Waals surface area (Å²) < 4.78 is 23.0. The van der Waals surface area contributed by atoms with Gasteiger partial charge in [-0.1, -0.05) is 11.6 Å². The van der Waals surface area contributed by atoms with Gasteiger partial charge in [-0.25, -0.2) is 4.98 Å². The molecule has 156 valence electrons. The molecule has 0 bridgehead atoms. The molecule has 1 saturated heterocycles. The number of imidazole rings is 1. The molecule has 3 rings (SSSR count). The molecule has 0 unspecified atom stereocenters. The third-order valence-corrected chi connectivity index (χ3v) is 4.27. The quantitative estimate of drug-likeness (QED) is 0.399. The first-order valence-corrected chi connectivity index (χ1v) is 8.84. The summed E-state index contributed by atoms with van der Waals surface area (Å²) >= 11 is 6.05. The van der Waals surface area contributed by atoms with Crippen molar-refractivity contribution in [2.75, 3.05) is 12.3 Å². The molecule has 0 saturated carbocycles. The monoisotopic (exact) mass is 427 g/mol. The molecule has 1 aliphatic heterocycles. The van der Waals surface area contributed by atoms with Crippen molar-refractivity contribution in [2.45, 2.75) is 45.3 Å². The number of nitrogens with two attached hydrogens (primary N) is 1. The van der Waals surface area contributed by atoms with Crippen LogP contribution in [0, 0.1) is 0 Å². The topological polar surface area (TPSA) is 158 Å². The molecule has 0 aliphatic carbocycles. The normalized spacial score (nSPS) is 23.7. The number of nitrogen functional groups attached to an aromatic ring is 1. The molecule has 2 N–H and O–H groups in total. The standard InChI is InChI=1S/C16H18ClN5O7/c1-6(23)26-4-9-11(27-7(2)24)12(28-8(3)25)15(29-9)22-5-19-10-13(17)20-16(18)21-14(10)22/h5,9,11-12,15H,4H2,1-3H3,(H2,18,20,21)/t9-,11-,12-,15+/m0/s1. The van der Waals surface area contributed by atoms with Crippen LogP contribution in [0.3, 0.4) is 0 Å². The van der Waals surface area contributed by atoms with Crippen LogP contribution in [0.5, 0.6) is 0 Å². The van der Waals surface area contributed by atoms with E-state index in [1.165, 1.54) is 31.7 Å². The number of carbonyl (C=O) groups excluding carboxylic acids is 3. The van der Waals surface area contributed by atoms with Gasteiger partial charge >= 0.3 is 17.9 Å². The third kappa shape index (κ3) is 4.38. The summed E-state index contributed by atoms with van der Waals surface area (Å²) in [5.74, 6) is -1.91. The van der Waals surface area contributed by atoms with Crippen molar-refractivity contribution in [3.8, 4) is 0 Å². The highest BCUT2D eigenvalue weighted by molar-refractivity contribution is 6.33. The average molecular weight is 428 g/mol. The van der Waals surface area contributed by atoms with Crippen molar-refractivity contribution in [1.82, 2.24) is 19.5 Å². The number of fused-ring (bicyclic) bond motifs is 1. The number of ether oxygens (including phenoxy) is 4. The van der Waals surface area contributed by atoms with Gasteiger partial charge in [0.25, 0.3) is 0 Å². The molecule has 4 atom stereocenters. The fraction of sp³-hybridized carbons (Fsp3) is 0.500. The first-order valence-electron chi connectivity index (χ1n) is 8.46. The molecule has 2 aromatic rings. The van der Waals surface area contributed by atoms with Crippen LogP contribution in [0.15, 0.2) is 6.33 Å². The van der Waals surface area contributed by atoms with E-state index in [0.717, 1.165) is 0 Å². The summed E-state index contributed by atoms with van der Waals surface area (Å²) in [7, 11) is 0. The zero-order chi connectivity index (χ0) is 21.3. The number of aromatic nitrogens is 4. The highest BCUT2D eigenvalue weighted by atomic mass is 35.5. The van der Waals surface area contributed by atoms with Crippen molar-refractivity contribution in [3.63, 3.8) is 0 Å². The van der Waals surface area contributed by atoms with Crippen molar-refractivity contribution < 1.29 is 33.3 Å². The van der Waals surface area contributed by atoms with Crippen LogP contribution in [0.1, 0.15) is 27.0 Å². The van der Waals surface area contributed by atoms with Gasteiger partial charge in [0, 0.05) is 20.8 Å². The second-order valence-electron chi connectivity index (χ2n) is 6.21. The van der Waals surface area contributed by atoms with Gasteiger partial charge in [0.2, 0.25) is 5.95 Å². The van der Waals surface area contributed by atoms with Gasteiger partial charge in [-0.2, -0.15) is 9.97 Å². The second-order valence-corrected chi connectivity index (χ2v) is 6.57. The van der Waals surface area contributed by atoms with Crippen LogP contribution >= 0.6 is 11.6 Å². The minimum absolute atomic E-state index is 0.0290. The maximum atomic E-state index is 11.7. The lowest BCUT2D eigenvalue weighted by molar-refractivity contribution is -0.166. The van der Waals surface area contributed by atoms with Gasteiger partial charge in [-0.15, -0.1) is 0 Å². The predicted molar refractivity (Wildman–Crippen MR) is 96.4 cm³/mol. The Kier molecular flexibility index (Phi) is 5.84. The molecule has 0 spiro atoms. The molecular formula is C16H18ClN5O7. The van der Waals surface area contributed by atoms with Crippen LogP contribution < -0.4 is 5.73 Å². The number of nitrogens with zero attached hydrogens (tertiary/aromatic N) is 4. The fourth-order valence-corrected chi connectivity index (χ4v) is 3.22. The largest absolute Gasteiger partial charge is 0.463 e. The van der Waals surface area contributed by atoms with Gasteiger partial charge in [0.05, 0.1) is 6.33 Å². The average Bonchev–Trinajstić information content (AvgIpc) is 3.15. The first kappa shape index (κ1) is 20.7. The second kappa shape index (κ2) is 8.17. The Balaban J connectivity index is 2.04. The van der Waals surface area contributed by atoms with Crippen LogP contribution in [0.4, 0.5) is 5.95 Å². The van der Waals surface area contributed by atoms with Crippen molar-refractivity contribution >= 4 is 46.6 Å². The maximum absolute atomic E-state index is 11.7. The van der Waals surface area contributed by atoms with Crippen LogP contribution in [0.25, 0.3) is 11.2 Å². The number of carbonyl (C=O) groups is 3. The Bertz CT molecular complexity index is 965. The van der Waals surface area contributed by atoms with E-state index >= 15 is 0 Å². The number of halogens is 1. The molecule has 0 aromatic carbocycles. The highest BCUT2D eigenvalue weighted by Crippen LogP contribution is 2.36. The highest BCUT2D eigenvalue weighted by Gasteiger charge is 2.51. The minimum Gasteiger partial charge on any atom is -0.463 e. The summed E-state index contributed by atoms with van der Waals surface area (Å²) in [6.07, 6.45) is -2.70. The lowest BCUT2D eigenvalue weighted by Crippen LogP contribution is -2.40. The zero-order valence-corrected chi connectivity index (χ0v) is 16.5. The molecular weight excluding hydrogens is 410 g/mol. The summed E-state index contributed by atoms with van der Waals surface area (Å²) in [6, 6.07) is 0. The first-order chi connectivity index (χ1) is 13.7. The molecule has 3 heterocycles. The van der Waals surface area contributed by atoms with Crippen LogP contribution in [-0.4, -0.2) is 62.3 Å². The Hall–Kier alpha value is -2.99. The summed E-state index contributed by atoms with van der Waals surface area (Å²) in [6.45, 7) is 3.39. The summed E-state index contributed by atoms with van der Waals surface area (Å²) in [5.41, 5.74) is 6.14. The number of hydrogen-bond donors (Lipinski definition) is 1. The Morgan fingerprint density at radius 2 is 1.79 bits per heavy atom. The van der Waals surface area contributed by atoms with E-state index in [4.69, 9.17) is 36.3 Å². The molecule has 12 nitrogen and oxygen atoms in total. The van der Waals surface area contributed by atoms with Gasteiger partial charge in [-0.3, -0.25) is 19.0 Å². The predicted octanol–water partition coefficient (Wildman–Crippen LogP) is 0.386. The summed E-state index contributed by atoms with van der Waals surface area (Å²) in [4.78, 5) is 46.6. The number of anilines is 1. The number of hydrogen-bond acceptors (Lipinski definition) is 11. The SMILES string of the molecule is CC(=O)OC[C@@H]1O[C@@H](n2cnc3c(Cl)nc(N)nc32)[C@@H](OC(C)=O)[C@H]1OC(C)=O. The fourth-order valence-electron chi connectivity index (χ4n) is 3.00. The third-order valence-electron chi connectivity index (χ3n) is 4.01. The van der Waals surface area contributed by atoms with Gasteiger partial charge < -0.3 is 24.7 Å². The maximum Gasteiger partial charge on any atom is 0.303 e. The van der Waals surface area contributed by atoms with E-state index in [1.54, 1.807) is 0 Å².